The van der Waals surface area contributed by atoms with Gasteiger partial charge in [-0.1, -0.05) is 12.1 Å². The van der Waals surface area contributed by atoms with Crippen LogP contribution < -0.4 is 10.5 Å². The highest BCUT2D eigenvalue weighted by Crippen LogP contribution is 2.29. The minimum absolute atomic E-state index is 0.640. The van der Waals surface area contributed by atoms with Crippen molar-refractivity contribution in [1.82, 2.24) is 4.57 Å². The van der Waals surface area contributed by atoms with Crippen LogP contribution in [0.15, 0.2) is 24.4 Å². The van der Waals surface area contributed by atoms with E-state index in [0.717, 1.165) is 17.8 Å². The summed E-state index contributed by atoms with van der Waals surface area (Å²) < 4.78 is 7.52. The highest BCUT2D eigenvalue weighted by molar-refractivity contribution is 5.88. The first-order valence-electron chi connectivity index (χ1n) is 5.10. The Bertz CT molecular complexity index is 474. The number of methoxy groups -OCH3 is 1. The van der Waals surface area contributed by atoms with Crippen LogP contribution in [0.4, 0.5) is 0 Å². The number of nitrogens with two attached hydrogens (primary N) is 1. The van der Waals surface area contributed by atoms with E-state index >= 15 is 0 Å². The van der Waals surface area contributed by atoms with Gasteiger partial charge in [0.05, 0.1) is 12.6 Å². The van der Waals surface area contributed by atoms with E-state index < -0.39 is 0 Å². The lowest BCUT2D eigenvalue weighted by atomic mass is 10.2. The van der Waals surface area contributed by atoms with Crippen molar-refractivity contribution in [3.05, 3.63) is 30.0 Å². The number of hydrogen-bond acceptors (Lipinski definition) is 2. The third-order valence-corrected chi connectivity index (χ3v) is 2.65. The van der Waals surface area contributed by atoms with Crippen molar-refractivity contribution in [3.63, 3.8) is 0 Å². The van der Waals surface area contributed by atoms with Gasteiger partial charge in [0.1, 0.15) is 5.75 Å². The average molecular weight is 204 g/mol. The van der Waals surface area contributed by atoms with Crippen LogP contribution in [-0.2, 0) is 6.54 Å². The minimum atomic E-state index is 0.640. The summed E-state index contributed by atoms with van der Waals surface area (Å²) >= 11 is 0. The van der Waals surface area contributed by atoms with E-state index in [1.807, 2.05) is 12.1 Å². The number of para-hydroxylation sites is 1. The van der Waals surface area contributed by atoms with Crippen molar-refractivity contribution in [2.24, 2.45) is 5.73 Å². The number of rotatable bonds is 3. The second kappa shape index (κ2) is 3.95. The standard InChI is InChI=1S/C12H16N2O/c1-9-8-14(7-6-13)12-10(9)4-3-5-11(12)15-2/h3-5,8H,6-7,13H2,1-2H3. The van der Waals surface area contributed by atoms with E-state index in [1.54, 1.807) is 7.11 Å². The monoisotopic (exact) mass is 204 g/mol. The molecule has 0 radical (unpaired) electrons. The topological polar surface area (TPSA) is 40.2 Å². The average Bonchev–Trinajstić information content (AvgIpc) is 2.57. The van der Waals surface area contributed by atoms with Gasteiger partial charge >= 0.3 is 0 Å². The zero-order valence-electron chi connectivity index (χ0n) is 9.16. The maximum Gasteiger partial charge on any atom is 0.143 e. The summed E-state index contributed by atoms with van der Waals surface area (Å²) in [7, 11) is 1.70. The van der Waals surface area contributed by atoms with Crippen LogP contribution in [0.1, 0.15) is 5.56 Å². The lowest BCUT2D eigenvalue weighted by Gasteiger charge is -2.07. The molecule has 2 N–H and O–H groups in total. The lowest BCUT2D eigenvalue weighted by Crippen LogP contribution is -2.09. The van der Waals surface area contributed by atoms with Crippen molar-refractivity contribution >= 4 is 10.9 Å². The third kappa shape index (κ3) is 1.59. The third-order valence-electron chi connectivity index (χ3n) is 2.65. The van der Waals surface area contributed by atoms with E-state index in [4.69, 9.17) is 10.5 Å². The molecule has 0 aliphatic carbocycles. The fourth-order valence-corrected chi connectivity index (χ4v) is 1.98. The summed E-state index contributed by atoms with van der Waals surface area (Å²) in [5, 5.41) is 1.24. The second-order valence-corrected chi connectivity index (χ2v) is 3.65. The van der Waals surface area contributed by atoms with E-state index in [-0.39, 0.29) is 0 Å². The first-order chi connectivity index (χ1) is 7.27. The number of nitrogens with zero attached hydrogens (tertiary/aromatic N) is 1. The molecule has 0 unspecified atom stereocenters. The molecule has 0 saturated carbocycles. The predicted molar refractivity (Wildman–Crippen MR) is 62.3 cm³/mol. The fraction of sp³-hybridized carbons (Fsp3) is 0.333. The molecule has 2 aromatic rings. The summed E-state index contributed by atoms with van der Waals surface area (Å²) in [5.74, 6) is 0.911. The zero-order valence-corrected chi connectivity index (χ0v) is 9.16. The molecule has 2 rings (SSSR count). The Labute approximate surface area is 89.4 Å². The van der Waals surface area contributed by atoms with Crippen LogP contribution in [0.3, 0.4) is 0 Å². The number of hydrogen-bond donors (Lipinski definition) is 1. The lowest BCUT2D eigenvalue weighted by molar-refractivity contribution is 0.417. The second-order valence-electron chi connectivity index (χ2n) is 3.65. The Hall–Kier alpha value is -1.48. The molecule has 0 amide bonds. The molecule has 0 fully saturated rings. The molecule has 0 aliphatic heterocycles. The van der Waals surface area contributed by atoms with Crippen LogP contribution in [0, 0.1) is 6.92 Å². The quantitative estimate of drug-likeness (QED) is 0.829. The van der Waals surface area contributed by atoms with Gasteiger partial charge in [0.2, 0.25) is 0 Å². The molecule has 0 bridgehead atoms. The van der Waals surface area contributed by atoms with Gasteiger partial charge in [-0.25, -0.2) is 0 Å². The largest absolute Gasteiger partial charge is 0.495 e. The van der Waals surface area contributed by atoms with Crippen molar-refractivity contribution in [3.8, 4) is 5.75 Å². The molecule has 0 saturated heterocycles. The summed E-state index contributed by atoms with van der Waals surface area (Å²) in [4.78, 5) is 0. The fourth-order valence-electron chi connectivity index (χ4n) is 1.98. The van der Waals surface area contributed by atoms with Crippen molar-refractivity contribution in [2.75, 3.05) is 13.7 Å². The Morgan fingerprint density at radius 3 is 2.87 bits per heavy atom. The Morgan fingerprint density at radius 1 is 1.40 bits per heavy atom. The van der Waals surface area contributed by atoms with Gasteiger partial charge < -0.3 is 15.0 Å². The summed E-state index contributed by atoms with van der Waals surface area (Å²) in [5.41, 5.74) is 7.99. The van der Waals surface area contributed by atoms with Crippen molar-refractivity contribution in [1.29, 1.82) is 0 Å². The summed E-state index contributed by atoms with van der Waals surface area (Å²) in [6.07, 6.45) is 2.13. The molecule has 1 heterocycles. The number of fused-ring (bicyclic) bond motifs is 1. The first-order valence-corrected chi connectivity index (χ1v) is 5.10. The van der Waals surface area contributed by atoms with Gasteiger partial charge in [0.15, 0.2) is 0 Å². The first kappa shape index (κ1) is 10.1. The van der Waals surface area contributed by atoms with E-state index in [2.05, 4.69) is 23.8 Å². The van der Waals surface area contributed by atoms with Gasteiger partial charge in [-0.05, 0) is 18.6 Å². The number of benzene rings is 1. The minimum Gasteiger partial charge on any atom is -0.495 e. The van der Waals surface area contributed by atoms with Crippen LogP contribution in [0.5, 0.6) is 5.75 Å². The Balaban J connectivity index is 2.70. The molecular weight excluding hydrogens is 188 g/mol. The van der Waals surface area contributed by atoms with E-state index in [0.29, 0.717) is 6.54 Å². The van der Waals surface area contributed by atoms with E-state index in [1.165, 1.54) is 10.9 Å². The number of ether oxygens (including phenoxy) is 1. The highest BCUT2D eigenvalue weighted by atomic mass is 16.5. The van der Waals surface area contributed by atoms with E-state index in [9.17, 15) is 0 Å². The van der Waals surface area contributed by atoms with Gasteiger partial charge in [-0.2, -0.15) is 0 Å². The van der Waals surface area contributed by atoms with Gasteiger partial charge in [-0.15, -0.1) is 0 Å². The van der Waals surface area contributed by atoms with Crippen molar-refractivity contribution < 1.29 is 4.74 Å². The Morgan fingerprint density at radius 2 is 2.20 bits per heavy atom. The van der Waals surface area contributed by atoms with Gasteiger partial charge in [-0.3, -0.25) is 0 Å². The van der Waals surface area contributed by atoms with Gasteiger partial charge in [0.25, 0.3) is 0 Å². The molecule has 15 heavy (non-hydrogen) atoms. The molecule has 80 valence electrons. The zero-order chi connectivity index (χ0) is 10.8. The molecule has 1 aromatic carbocycles. The molecule has 0 atom stereocenters. The molecule has 3 heteroatoms. The predicted octanol–water partition coefficient (Wildman–Crippen LogP) is 1.92. The van der Waals surface area contributed by atoms with Crippen molar-refractivity contribution in [2.45, 2.75) is 13.5 Å². The van der Waals surface area contributed by atoms with Crippen LogP contribution in [-0.4, -0.2) is 18.2 Å². The molecule has 0 spiro atoms. The molecule has 0 aliphatic rings. The Kier molecular flexibility index (Phi) is 2.64. The maximum atomic E-state index is 5.59. The molecule has 1 aromatic heterocycles. The summed E-state index contributed by atoms with van der Waals surface area (Å²) in [6, 6.07) is 6.11. The van der Waals surface area contributed by atoms with Gasteiger partial charge in [0, 0.05) is 24.7 Å². The molecule has 3 nitrogen and oxygen atoms in total. The van der Waals surface area contributed by atoms with Crippen LogP contribution >= 0.6 is 0 Å². The SMILES string of the molecule is COc1cccc2c(C)cn(CCN)c12. The smallest absolute Gasteiger partial charge is 0.143 e. The normalized spacial score (nSPS) is 10.9. The summed E-state index contributed by atoms with van der Waals surface area (Å²) in [6.45, 7) is 3.57. The van der Waals surface area contributed by atoms with Crippen LogP contribution in [0.2, 0.25) is 0 Å². The highest BCUT2D eigenvalue weighted by Gasteiger charge is 2.09. The molecular formula is C12H16N2O. The number of aryl methyl sites for hydroxylation is 1. The number of aromatic nitrogens is 1. The van der Waals surface area contributed by atoms with Crippen LogP contribution in [0.25, 0.3) is 10.9 Å². The maximum absolute atomic E-state index is 5.59.